The van der Waals surface area contributed by atoms with Crippen LogP contribution in [-0.4, -0.2) is 48.2 Å². The van der Waals surface area contributed by atoms with Crippen molar-refractivity contribution in [2.75, 3.05) is 11.5 Å². The summed E-state index contributed by atoms with van der Waals surface area (Å²) >= 11 is 0. The monoisotopic (exact) mass is 257 g/mol. The topological polar surface area (TPSA) is 54.5 Å². The lowest BCUT2D eigenvalue weighted by atomic mass is 9.91. The molecule has 0 saturated carbocycles. The van der Waals surface area contributed by atoms with E-state index in [-0.39, 0.29) is 11.3 Å². The number of rotatable bonds is 1. The summed E-state index contributed by atoms with van der Waals surface area (Å²) in [7, 11) is -2.86. The summed E-state index contributed by atoms with van der Waals surface area (Å²) in [5, 5.41) is 0. The van der Waals surface area contributed by atoms with Gasteiger partial charge in [-0.05, 0) is 26.2 Å². The van der Waals surface area contributed by atoms with Crippen LogP contribution in [0.25, 0.3) is 0 Å². The Morgan fingerprint density at radius 3 is 2.29 bits per heavy atom. The first kappa shape index (κ1) is 11.7. The lowest BCUT2D eigenvalue weighted by molar-refractivity contribution is -0.125. The number of carbonyl (C=O) groups excluding carboxylic acids is 1. The number of ketones is 1. The molecule has 17 heavy (non-hydrogen) atoms. The van der Waals surface area contributed by atoms with Crippen LogP contribution in [0.1, 0.15) is 39.0 Å². The smallest absolute Gasteiger partial charge is 0.152 e. The average molecular weight is 257 g/mol. The molecule has 0 amide bonds. The second-order valence-electron chi connectivity index (χ2n) is 6.08. The number of sulfone groups is 1. The molecule has 0 radical (unpaired) electrons. The fourth-order valence-corrected chi connectivity index (χ4v) is 6.19. The van der Waals surface area contributed by atoms with Crippen molar-refractivity contribution in [3.63, 3.8) is 0 Å². The van der Waals surface area contributed by atoms with Crippen LogP contribution >= 0.6 is 0 Å². The molecule has 0 aliphatic carbocycles. The maximum absolute atomic E-state index is 11.7. The predicted molar refractivity (Wildman–Crippen MR) is 64.6 cm³/mol. The molecular formula is C12H19NO3S. The molecular weight excluding hydrogens is 238 g/mol. The van der Waals surface area contributed by atoms with E-state index in [1.165, 1.54) is 0 Å². The first-order chi connectivity index (χ1) is 7.90. The minimum absolute atomic E-state index is 0.217. The molecule has 4 nitrogen and oxygen atoms in total. The molecule has 3 rings (SSSR count). The van der Waals surface area contributed by atoms with Crippen LogP contribution < -0.4 is 0 Å². The van der Waals surface area contributed by atoms with Gasteiger partial charge in [0, 0.05) is 30.5 Å². The Labute approximate surface area is 102 Å². The highest BCUT2D eigenvalue weighted by Crippen LogP contribution is 2.43. The van der Waals surface area contributed by atoms with Crippen LogP contribution in [0, 0.1) is 0 Å². The maximum atomic E-state index is 11.7. The summed E-state index contributed by atoms with van der Waals surface area (Å²) in [6, 6.07) is 0.610. The van der Waals surface area contributed by atoms with Crippen molar-refractivity contribution in [3.05, 3.63) is 0 Å². The Kier molecular flexibility index (Phi) is 2.43. The Hall–Kier alpha value is -0.420. The molecule has 3 heterocycles. The summed E-state index contributed by atoms with van der Waals surface area (Å²) in [5.41, 5.74) is -0.217. The molecule has 2 bridgehead atoms. The van der Waals surface area contributed by atoms with Gasteiger partial charge in [-0.1, -0.05) is 0 Å². The van der Waals surface area contributed by atoms with Crippen molar-refractivity contribution in [2.24, 2.45) is 0 Å². The van der Waals surface area contributed by atoms with E-state index in [1.54, 1.807) is 0 Å². The molecule has 0 aromatic rings. The van der Waals surface area contributed by atoms with Crippen LogP contribution in [0.2, 0.25) is 0 Å². The van der Waals surface area contributed by atoms with Crippen LogP contribution in [0.3, 0.4) is 0 Å². The van der Waals surface area contributed by atoms with Crippen molar-refractivity contribution in [2.45, 2.75) is 56.7 Å². The maximum Gasteiger partial charge on any atom is 0.152 e. The van der Waals surface area contributed by atoms with Crippen molar-refractivity contribution in [1.29, 1.82) is 0 Å². The lowest BCUT2D eigenvalue weighted by Crippen LogP contribution is -2.56. The van der Waals surface area contributed by atoms with E-state index in [2.05, 4.69) is 11.8 Å². The first-order valence-electron chi connectivity index (χ1n) is 6.40. The molecule has 3 aliphatic rings. The molecule has 5 heteroatoms. The molecule has 0 spiro atoms. The zero-order chi connectivity index (χ0) is 12.3. The van der Waals surface area contributed by atoms with E-state index < -0.39 is 9.84 Å². The number of Topliss-reactive ketones (excluding diaryl/α,β-unsaturated/α-hetero) is 1. The summed E-state index contributed by atoms with van der Waals surface area (Å²) in [6.07, 6.45) is 4.12. The van der Waals surface area contributed by atoms with Crippen LogP contribution in [-0.2, 0) is 14.6 Å². The molecule has 0 aromatic carbocycles. The van der Waals surface area contributed by atoms with Gasteiger partial charge in [-0.2, -0.15) is 0 Å². The Morgan fingerprint density at radius 1 is 1.24 bits per heavy atom. The van der Waals surface area contributed by atoms with Gasteiger partial charge in [-0.15, -0.1) is 0 Å². The van der Waals surface area contributed by atoms with Gasteiger partial charge in [0.2, 0.25) is 0 Å². The molecule has 3 aliphatic heterocycles. The SMILES string of the molecule is CC1(N2C3CCC2CC(=O)C3)CCS(=O)(=O)C1. The van der Waals surface area contributed by atoms with E-state index in [0.717, 1.165) is 19.3 Å². The molecule has 3 atom stereocenters. The van der Waals surface area contributed by atoms with Gasteiger partial charge in [-0.3, -0.25) is 9.69 Å². The number of fused-ring (bicyclic) bond motifs is 2. The van der Waals surface area contributed by atoms with Crippen molar-refractivity contribution >= 4 is 15.6 Å². The van der Waals surface area contributed by atoms with E-state index >= 15 is 0 Å². The summed E-state index contributed by atoms with van der Waals surface area (Å²) < 4.78 is 23.4. The number of nitrogens with zero attached hydrogens (tertiary/aromatic N) is 1. The third-order valence-electron chi connectivity index (χ3n) is 4.65. The molecule has 96 valence electrons. The van der Waals surface area contributed by atoms with Crippen LogP contribution in [0.5, 0.6) is 0 Å². The van der Waals surface area contributed by atoms with Gasteiger partial charge in [0.05, 0.1) is 11.5 Å². The Morgan fingerprint density at radius 2 is 1.82 bits per heavy atom. The van der Waals surface area contributed by atoms with Gasteiger partial charge in [0.1, 0.15) is 5.78 Å². The normalized spacial score (nSPS) is 45.4. The second kappa shape index (κ2) is 3.54. The van der Waals surface area contributed by atoms with E-state index in [9.17, 15) is 13.2 Å². The Bertz CT molecular complexity index is 442. The summed E-state index contributed by atoms with van der Waals surface area (Å²) in [4.78, 5) is 13.9. The highest BCUT2D eigenvalue weighted by Gasteiger charge is 2.52. The summed E-state index contributed by atoms with van der Waals surface area (Å²) in [6.45, 7) is 2.07. The van der Waals surface area contributed by atoms with E-state index in [0.29, 0.717) is 36.5 Å². The van der Waals surface area contributed by atoms with Crippen LogP contribution in [0.4, 0.5) is 0 Å². The number of piperidine rings is 1. The van der Waals surface area contributed by atoms with Crippen molar-refractivity contribution in [1.82, 2.24) is 4.90 Å². The molecule has 0 N–H and O–H groups in total. The fourth-order valence-electron chi connectivity index (χ4n) is 4.05. The average Bonchev–Trinajstić information content (AvgIpc) is 2.64. The predicted octanol–water partition coefficient (Wildman–Crippen LogP) is 0.760. The van der Waals surface area contributed by atoms with E-state index in [1.807, 2.05) is 0 Å². The molecule has 0 aromatic heterocycles. The highest BCUT2D eigenvalue weighted by molar-refractivity contribution is 7.91. The largest absolute Gasteiger partial charge is 0.300 e. The zero-order valence-electron chi connectivity index (χ0n) is 10.2. The van der Waals surface area contributed by atoms with Gasteiger partial charge < -0.3 is 0 Å². The standard InChI is InChI=1S/C12H19NO3S/c1-12(4-5-17(15,16)8-12)13-9-2-3-10(13)7-11(14)6-9/h9-10H,2-8H2,1H3. The third kappa shape index (κ3) is 1.83. The van der Waals surface area contributed by atoms with Crippen LogP contribution in [0.15, 0.2) is 0 Å². The minimum Gasteiger partial charge on any atom is -0.300 e. The molecule has 3 unspecified atom stereocenters. The molecule has 3 saturated heterocycles. The quantitative estimate of drug-likeness (QED) is 0.696. The van der Waals surface area contributed by atoms with Crippen molar-refractivity contribution in [3.8, 4) is 0 Å². The molecule has 3 fully saturated rings. The second-order valence-corrected chi connectivity index (χ2v) is 8.26. The lowest BCUT2D eigenvalue weighted by Gasteiger charge is -2.45. The first-order valence-corrected chi connectivity index (χ1v) is 8.22. The van der Waals surface area contributed by atoms with Gasteiger partial charge >= 0.3 is 0 Å². The zero-order valence-corrected chi connectivity index (χ0v) is 11.0. The third-order valence-corrected chi connectivity index (χ3v) is 6.54. The van der Waals surface area contributed by atoms with Gasteiger partial charge in [-0.25, -0.2) is 8.42 Å². The highest BCUT2D eigenvalue weighted by atomic mass is 32.2. The number of hydrogen-bond acceptors (Lipinski definition) is 4. The summed E-state index contributed by atoms with van der Waals surface area (Å²) in [5.74, 6) is 0.951. The Balaban J connectivity index is 1.88. The van der Waals surface area contributed by atoms with E-state index in [4.69, 9.17) is 0 Å². The number of hydrogen-bond donors (Lipinski definition) is 0. The van der Waals surface area contributed by atoms with Gasteiger partial charge in [0.25, 0.3) is 0 Å². The fraction of sp³-hybridized carbons (Fsp3) is 0.917. The van der Waals surface area contributed by atoms with Gasteiger partial charge in [0.15, 0.2) is 9.84 Å². The number of carbonyl (C=O) groups is 1. The minimum atomic E-state index is -2.86. The van der Waals surface area contributed by atoms with Crippen molar-refractivity contribution < 1.29 is 13.2 Å².